The average molecular weight is 444 g/mol. The molecule has 0 saturated carbocycles. The lowest BCUT2D eigenvalue weighted by atomic mass is 10.2. The molecule has 0 spiro atoms. The Balaban J connectivity index is 1.62. The van der Waals surface area contributed by atoms with E-state index in [0.29, 0.717) is 33.8 Å². The highest BCUT2D eigenvalue weighted by molar-refractivity contribution is 7.99. The summed E-state index contributed by atoms with van der Waals surface area (Å²) in [6.07, 6.45) is 0. The summed E-state index contributed by atoms with van der Waals surface area (Å²) in [4.78, 5) is 24.7. The van der Waals surface area contributed by atoms with Crippen LogP contribution < -0.4 is 10.6 Å². The minimum absolute atomic E-state index is 0.167. The number of anilines is 1. The van der Waals surface area contributed by atoms with E-state index in [1.165, 1.54) is 11.8 Å². The fraction of sp³-hybridized carbons (Fsp3) is 0.238. The minimum Gasteiger partial charge on any atom is -0.342 e. The third-order valence-electron chi connectivity index (χ3n) is 4.27. The highest BCUT2D eigenvalue weighted by Crippen LogP contribution is 2.22. The Bertz CT molecular complexity index is 1030. The molecule has 0 bridgehead atoms. The third kappa shape index (κ3) is 5.61. The topological polar surface area (TPSA) is 88.9 Å². The van der Waals surface area contributed by atoms with Crippen LogP contribution in [-0.4, -0.2) is 32.3 Å². The van der Waals surface area contributed by atoms with E-state index in [9.17, 15) is 9.59 Å². The molecule has 0 aliphatic rings. The van der Waals surface area contributed by atoms with E-state index >= 15 is 0 Å². The van der Waals surface area contributed by atoms with Crippen molar-refractivity contribution < 1.29 is 9.59 Å². The predicted molar refractivity (Wildman–Crippen MR) is 119 cm³/mol. The zero-order valence-electron chi connectivity index (χ0n) is 16.6. The van der Waals surface area contributed by atoms with Crippen molar-refractivity contribution in [1.29, 1.82) is 0 Å². The van der Waals surface area contributed by atoms with Crippen LogP contribution in [0.1, 0.15) is 36.1 Å². The van der Waals surface area contributed by atoms with Gasteiger partial charge in [-0.25, -0.2) is 0 Å². The van der Waals surface area contributed by atoms with Crippen LogP contribution in [0.15, 0.2) is 59.8 Å². The van der Waals surface area contributed by atoms with Crippen LogP contribution in [0.2, 0.25) is 5.02 Å². The molecule has 156 valence electrons. The number of benzene rings is 2. The molecule has 7 nitrogen and oxygen atoms in total. The molecule has 0 aliphatic carbocycles. The van der Waals surface area contributed by atoms with Gasteiger partial charge in [0.2, 0.25) is 5.91 Å². The molecule has 0 aliphatic heterocycles. The van der Waals surface area contributed by atoms with Crippen LogP contribution in [0, 0.1) is 0 Å². The maximum absolute atomic E-state index is 12.4. The van der Waals surface area contributed by atoms with Gasteiger partial charge < -0.3 is 15.2 Å². The second kappa shape index (κ2) is 10.3. The standard InChI is InChI=1S/C21H22ClN5O2S/c1-3-27-19(14(2)23-20(29)15-8-5-4-6-9-15)25-26-21(27)30-13-18(28)24-17-11-7-10-16(22)12-17/h4-12,14H,3,13H2,1-2H3,(H,23,29)(H,24,28)/t14-/m1/s1. The molecule has 0 radical (unpaired) electrons. The molecular weight excluding hydrogens is 422 g/mol. The summed E-state index contributed by atoms with van der Waals surface area (Å²) in [5.74, 6) is 0.471. The van der Waals surface area contributed by atoms with Crippen LogP contribution in [0.5, 0.6) is 0 Å². The van der Waals surface area contributed by atoms with E-state index in [0.717, 1.165) is 0 Å². The van der Waals surface area contributed by atoms with Gasteiger partial charge in [0.1, 0.15) is 0 Å². The summed E-state index contributed by atoms with van der Waals surface area (Å²) in [6.45, 7) is 4.44. The number of hydrogen-bond donors (Lipinski definition) is 2. The number of carbonyl (C=O) groups excluding carboxylic acids is 2. The molecule has 3 rings (SSSR count). The largest absolute Gasteiger partial charge is 0.342 e. The number of amides is 2. The summed E-state index contributed by atoms with van der Waals surface area (Å²) >= 11 is 7.23. The van der Waals surface area contributed by atoms with Crippen LogP contribution >= 0.6 is 23.4 Å². The van der Waals surface area contributed by atoms with E-state index in [1.54, 1.807) is 36.4 Å². The highest BCUT2D eigenvalue weighted by Gasteiger charge is 2.20. The molecule has 0 fully saturated rings. The van der Waals surface area contributed by atoms with Crippen LogP contribution in [-0.2, 0) is 11.3 Å². The summed E-state index contributed by atoms with van der Waals surface area (Å²) in [6, 6.07) is 15.7. The van der Waals surface area contributed by atoms with Crippen molar-refractivity contribution in [3.63, 3.8) is 0 Å². The summed E-state index contributed by atoms with van der Waals surface area (Å²) in [7, 11) is 0. The number of hydrogen-bond acceptors (Lipinski definition) is 5. The first-order chi connectivity index (χ1) is 14.5. The number of thioether (sulfide) groups is 1. The van der Waals surface area contributed by atoms with Crippen molar-refractivity contribution in [2.75, 3.05) is 11.1 Å². The molecule has 3 aromatic rings. The zero-order valence-corrected chi connectivity index (χ0v) is 18.2. The van der Waals surface area contributed by atoms with Gasteiger partial charge in [-0.05, 0) is 44.2 Å². The predicted octanol–water partition coefficient (Wildman–Crippen LogP) is 4.17. The summed E-state index contributed by atoms with van der Waals surface area (Å²) in [5, 5.41) is 15.4. The molecule has 2 aromatic carbocycles. The summed E-state index contributed by atoms with van der Waals surface area (Å²) < 4.78 is 1.90. The smallest absolute Gasteiger partial charge is 0.251 e. The van der Waals surface area contributed by atoms with Gasteiger partial charge in [0.05, 0.1) is 11.8 Å². The molecule has 0 saturated heterocycles. The lowest BCUT2D eigenvalue weighted by Gasteiger charge is -2.15. The minimum atomic E-state index is -0.334. The van der Waals surface area contributed by atoms with Gasteiger partial charge in [0.25, 0.3) is 5.91 Å². The van der Waals surface area contributed by atoms with Crippen LogP contribution in [0.4, 0.5) is 5.69 Å². The number of nitrogens with one attached hydrogen (secondary N) is 2. The molecule has 0 unspecified atom stereocenters. The Morgan fingerprint density at radius 2 is 1.90 bits per heavy atom. The van der Waals surface area contributed by atoms with Crippen molar-refractivity contribution >= 4 is 40.9 Å². The van der Waals surface area contributed by atoms with Crippen molar-refractivity contribution in [3.05, 3.63) is 71.0 Å². The van der Waals surface area contributed by atoms with E-state index in [-0.39, 0.29) is 23.6 Å². The Hall–Kier alpha value is -2.84. The molecular formula is C21H22ClN5O2S. The number of carbonyl (C=O) groups is 2. The highest BCUT2D eigenvalue weighted by atomic mass is 35.5. The van der Waals surface area contributed by atoms with Gasteiger partial charge in [0, 0.05) is 22.8 Å². The maximum Gasteiger partial charge on any atom is 0.251 e. The van der Waals surface area contributed by atoms with E-state index < -0.39 is 0 Å². The van der Waals surface area contributed by atoms with E-state index in [4.69, 9.17) is 11.6 Å². The molecule has 2 N–H and O–H groups in total. The van der Waals surface area contributed by atoms with Gasteiger partial charge in [-0.3, -0.25) is 9.59 Å². The molecule has 1 heterocycles. The fourth-order valence-electron chi connectivity index (χ4n) is 2.85. The molecule has 1 aromatic heterocycles. The molecule has 1 atom stereocenters. The Kier molecular flexibility index (Phi) is 7.48. The number of halogens is 1. The summed E-state index contributed by atoms with van der Waals surface area (Å²) in [5.41, 5.74) is 1.22. The van der Waals surface area contributed by atoms with Crippen LogP contribution in [0.3, 0.4) is 0 Å². The van der Waals surface area contributed by atoms with Crippen molar-refractivity contribution in [3.8, 4) is 0 Å². The first-order valence-electron chi connectivity index (χ1n) is 9.45. The van der Waals surface area contributed by atoms with Gasteiger partial charge in [-0.15, -0.1) is 10.2 Å². The lowest BCUT2D eigenvalue weighted by Crippen LogP contribution is -2.28. The quantitative estimate of drug-likeness (QED) is 0.510. The normalized spacial score (nSPS) is 11.7. The third-order valence-corrected chi connectivity index (χ3v) is 5.48. The molecule has 30 heavy (non-hydrogen) atoms. The Labute approximate surface area is 184 Å². The first kappa shape index (κ1) is 21.9. The van der Waals surface area contributed by atoms with Crippen molar-refractivity contribution in [2.24, 2.45) is 0 Å². The molecule has 2 amide bonds. The SMILES string of the molecule is CCn1c(SCC(=O)Nc2cccc(Cl)c2)nnc1[C@@H](C)NC(=O)c1ccccc1. The van der Waals surface area contributed by atoms with Crippen molar-refractivity contribution in [2.45, 2.75) is 31.6 Å². The molecule has 9 heteroatoms. The van der Waals surface area contributed by atoms with E-state index in [2.05, 4.69) is 20.8 Å². The number of rotatable bonds is 8. The monoisotopic (exact) mass is 443 g/mol. The second-order valence-corrected chi connectivity index (χ2v) is 7.87. The van der Waals surface area contributed by atoms with Gasteiger partial charge in [0.15, 0.2) is 11.0 Å². The second-order valence-electron chi connectivity index (χ2n) is 6.49. The van der Waals surface area contributed by atoms with Gasteiger partial charge >= 0.3 is 0 Å². The van der Waals surface area contributed by atoms with Gasteiger partial charge in [-0.2, -0.15) is 0 Å². The lowest BCUT2D eigenvalue weighted by molar-refractivity contribution is -0.113. The number of nitrogens with zero attached hydrogens (tertiary/aromatic N) is 3. The van der Waals surface area contributed by atoms with E-state index in [1.807, 2.05) is 36.6 Å². The van der Waals surface area contributed by atoms with Crippen molar-refractivity contribution in [1.82, 2.24) is 20.1 Å². The number of aromatic nitrogens is 3. The average Bonchev–Trinajstić information content (AvgIpc) is 3.16. The fourth-order valence-corrected chi connectivity index (χ4v) is 3.85. The first-order valence-corrected chi connectivity index (χ1v) is 10.8. The van der Waals surface area contributed by atoms with Crippen LogP contribution in [0.25, 0.3) is 0 Å². The Morgan fingerprint density at radius 3 is 2.60 bits per heavy atom. The maximum atomic E-state index is 12.4. The Morgan fingerprint density at radius 1 is 1.13 bits per heavy atom. The van der Waals surface area contributed by atoms with Gasteiger partial charge in [-0.1, -0.05) is 47.6 Å². The zero-order chi connectivity index (χ0) is 21.5.